The Morgan fingerprint density at radius 2 is 1.93 bits per heavy atom. The smallest absolute Gasteiger partial charge is 0.337 e. The zero-order valence-electron chi connectivity index (χ0n) is 16.7. The fourth-order valence-corrected chi connectivity index (χ4v) is 4.92. The van der Waals surface area contributed by atoms with Crippen molar-refractivity contribution < 1.29 is 9.90 Å². The lowest BCUT2D eigenvalue weighted by Gasteiger charge is -2.11. The topological polar surface area (TPSA) is 125 Å². The van der Waals surface area contributed by atoms with Gasteiger partial charge < -0.3 is 15.4 Å². The van der Waals surface area contributed by atoms with E-state index in [0.717, 1.165) is 21.4 Å². The van der Waals surface area contributed by atoms with Crippen LogP contribution in [-0.4, -0.2) is 29.8 Å². The molecule has 0 fully saturated rings. The monoisotopic (exact) mass is 427 g/mol. The van der Waals surface area contributed by atoms with Gasteiger partial charge in [0, 0.05) is 18.5 Å². The molecule has 4 aromatic rings. The van der Waals surface area contributed by atoms with Gasteiger partial charge in [0.25, 0.3) is 5.56 Å². The van der Waals surface area contributed by atoms with Gasteiger partial charge in [0.2, 0.25) is 5.95 Å². The summed E-state index contributed by atoms with van der Waals surface area (Å²) in [4.78, 5) is 42.9. The minimum absolute atomic E-state index is 0.0493. The minimum Gasteiger partial charge on any atom is -0.478 e. The van der Waals surface area contributed by atoms with Crippen molar-refractivity contribution in [1.82, 2.24) is 18.7 Å². The second-order valence-electron chi connectivity index (χ2n) is 7.58. The van der Waals surface area contributed by atoms with Crippen molar-refractivity contribution in [1.29, 1.82) is 0 Å². The van der Waals surface area contributed by atoms with Gasteiger partial charge in [-0.1, -0.05) is 26.0 Å². The predicted molar refractivity (Wildman–Crippen MR) is 116 cm³/mol. The number of fused-ring (bicyclic) bond motifs is 2. The van der Waals surface area contributed by atoms with Crippen molar-refractivity contribution in [3.8, 4) is 0 Å². The molecule has 156 valence electrons. The average Bonchev–Trinajstić information content (AvgIpc) is 3.22. The number of nitrogens with zero attached hydrogens (tertiary/aromatic N) is 4. The van der Waals surface area contributed by atoms with Crippen LogP contribution >= 0.6 is 11.3 Å². The number of nitrogen functional groups attached to an aromatic ring is 1. The SMILES string of the molecule is CC(C)Cn1c(=O)n(C)c(=O)c2c(C(=O)O)c(Cn3c(N)nc4ccccc43)sc21. The molecule has 4 rings (SSSR count). The number of thiophene rings is 1. The summed E-state index contributed by atoms with van der Waals surface area (Å²) in [6, 6.07) is 7.36. The van der Waals surface area contributed by atoms with Crippen molar-refractivity contribution >= 4 is 44.5 Å². The normalized spacial score (nSPS) is 11.7. The summed E-state index contributed by atoms with van der Waals surface area (Å²) in [5.41, 5.74) is 6.37. The maximum atomic E-state index is 12.9. The number of carboxylic acid groups (broad SMARTS) is 1. The van der Waals surface area contributed by atoms with E-state index in [0.29, 0.717) is 21.8 Å². The number of rotatable bonds is 5. The molecule has 3 N–H and O–H groups in total. The van der Waals surface area contributed by atoms with E-state index in [2.05, 4.69) is 4.98 Å². The second kappa shape index (κ2) is 7.13. The molecule has 0 bridgehead atoms. The highest BCUT2D eigenvalue weighted by Gasteiger charge is 2.26. The van der Waals surface area contributed by atoms with E-state index in [1.807, 2.05) is 38.1 Å². The van der Waals surface area contributed by atoms with Crippen LogP contribution < -0.4 is 17.0 Å². The fraction of sp³-hybridized carbons (Fsp3) is 0.300. The highest BCUT2D eigenvalue weighted by molar-refractivity contribution is 7.19. The van der Waals surface area contributed by atoms with Crippen molar-refractivity contribution in [2.45, 2.75) is 26.9 Å². The lowest BCUT2D eigenvalue weighted by Crippen LogP contribution is -2.38. The Bertz CT molecular complexity index is 1420. The Balaban J connectivity index is 2.03. The highest BCUT2D eigenvalue weighted by Crippen LogP contribution is 2.31. The molecule has 0 saturated heterocycles. The molecule has 0 radical (unpaired) electrons. The lowest BCUT2D eigenvalue weighted by molar-refractivity contribution is 0.0698. The van der Waals surface area contributed by atoms with Gasteiger partial charge in [-0.05, 0) is 18.1 Å². The zero-order chi connectivity index (χ0) is 21.7. The largest absolute Gasteiger partial charge is 0.478 e. The van der Waals surface area contributed by atoms with Crippen LogP contribution in [0.4, 0.5) is 5.95 Å². The fourth-order valence-electron chi connectivity index (χ4n) is 3.64. The van der Waals surface area contributed by atoms with Crippen LogP contribution in [0.2, 0.25) is 0 Å². The predicted octanol–water partition coefficient (Wildman–Crippen LogP) is 2.10. The molecule has 3 heterocycles. The first-order valence-corrected chi connectivity index (χ1v) is 10.2. The number of aromatic nitrogens is 4. The van der Waals surface area contributed by atoms with Crippen molar-refractivity contribution in [3.63, 3.8) is 0 Å². The molecule has 0 aliphatic heterocycles. The van der Waals surface area contributed by atoms with Crippen LogP contribution in [0.25, 0.3) is 21.3 Å². The Kier molecular flexibility index (Phi) is 4.73. The molecular formula is C20H21N5O4S. The number of nitrogens with two attached hydrogens (primary N) is 1. The summed E-state index contributed by atoms with van der Waals surface area (Å²) in [7, 11) is 1.37. The Morgan fingerprint density at radius 3 is 2.60 bits per heavy atom. The van der Waals surface area contributed by atoms with Gasteiger partial charge >= 0.3 is 11.7 Å². The second-order valence-corrected chi connectivity index (χ2v) is 8.67. The summed E-state index contributed by atoms with van der Waals surface area (Å²) >= 11 is 1.14. The first-order valence-electron chi connectivity index (χ1n) is 9.40. The van der Waals surface area contributed by atoms with E-state index >= 15 is 0 Å². The number of para-hydroxylation sites is 2. The van der Waals surface area contributed by atoms with Gasteiger partial charge in [-0.15, -0.1) is 11.3 Å². The standard InChI is InChI=1S/C20H21N5O4S/c1-10(2)8-25-17-15(16(26)23(3)20(25)29)14(18(27)28)13(30-17)9-24-12-7-5-4-6-11(12)22-19(24)21/h4-7,10H,8-9H2,1-3H3,(H2,21,22)(H,27,28). The Labute approximate surface area is 174 Å². The summed E-state index contributed by atoms with van der Waals surface area (Å²) in [5, 5.41) is 9.99. The third-order valence-corrected chi connectivity index (χ3v) is 6.19. The van der Waals surface area contributed by atoms with Crippen molar-refractivity contribution in [3.05, 3.63) is 55.5 Å². The molecule has 0 aliphatic rings. The number of hydrogen-bond acceptors (Lipinski definition) is 6. The van der Waals surface area contributed by atoms with E-state index in [-0.39, 0.29) is 29.4 Å². The summed E-state index contributed by atoms with van der Waals surface area (Å²) in [6.07, 6.45) is 0. The van der Waals surface area contributed by atoms with Gasteiger partial charge in [-0.3, -0.25) is 13.9 Å². The van der Waals surface area contributed by atoms with Crippen LogP contribution in [0.15, 0.2) is 33.9 Å². The van der Waals surface area contributed by atoms with Gasteiger partial charge in [-0.2, -0.15) is 0 Å². The van der Waals surface area contributed by atoms with Crippen LogP contribution in [-0.2, 0) is 20.1 Å². The van der Waals surface area contributed by atoms with Crippen LogP contribution in [0.3, 0.4) is 0 Å². The quantitative estimate of drug-likeness (QED) is 0.502. The van der Waals surface area contributed by atoms with E-state index in [4.69, 9.17) is 5.73 Å². The Morgan fingerprint density at radius 1 is 1.23 bits per heavy atom. The molecule has 9 nitrogen and oxygen atoms in total. The lowest BCUT2D eigenvalue weighted by atomic mass is 10.1. The van der Waals surface area contributed by atoms with Crippen LogP contribution in [0.1, 0.15) is 29.1 Å². The third-order valence-electron chi connectivity index (χ3n) is 4.99. The summed E-state index contributed by atoms with van der Waals surface area (Å²) in [5.74, 6) is -0.834. The van der Waals surface area contributed by atoms with E-state index in [1.54, 1.807) is 4.57 Å². The molecule has 0 amide bonds. The average molecular weight is 427 g/mol. The molecular weight excluding hydrogens is 406 g/mol. The third kappa shape index (κ3) is 3.00. The maximum absolute atomic E-state index is 12.9. The molecule has 10 heteroatoms. The molecule has 0 spiro atoms. The van der Waals surface area contributed by atoms with Crippen molar-refractivity contribution in [2.24, 2.45) is 13.0 Å². The molecule has 0 saturated carbocycles. The zero-order valence-corrected chi connectivity index (χ0v) is 17.6. The number of hydrogen-bond donors (Lipinski definition) is 2. The van der Waals surface area contributed by atoms with Crippen molar-refractivity contribution in [2.75, 3.05) is 5.73 Å². The Hall–Kier alpha value is -3.40. The summed E-state index contributed by atoms with van der Waals surface area (Å²) < 4.78 is 4.16. The number of imidazole rings is 1. The van der Waals surface area contributed by atoms with Gasteiger partial charge in [-0.25, -0.2) is 14.6 Å². The number of carboxylic acids is 1. The van der Waals surface area contributed by atoms with Crippen LogP contribution in [0, 0.1) is 5.92 Å². The molecule has 3 aromatic heterocycles. The number of aromatic carboxylic acids is 1. The van der Waals surface area contributed by atoms with E-state index in [9.17, 15) is 19.5 Å². The maximum Gasteiger partial charge on any atom is 0.337 e. The van der Waals surface area contributed by atoms with Crippen LogP contribution in [0.5, 0.6) is 0 Å². The number of benzene rings is 1. The molecule has 0 atom stereocenters. The van der Waals surface area contributed by atoms with Gasteiger partial charge in [0.1, 0.15) is 4.83 Å². The first-order chi connectivity index (χ1) is 14.2. The molecule has 1 aromatic carbocycles. The summed E-state index contributed by atoms with van der Waals surface area (Å²) in [6.45, 7) is 4.41. The van der Waals surface area contributed by atoms with Gasteiger partial charge in [0.05, 0.1) is 28.5 Å². The minimum atomic E-state index is -1.22. The van der Waals surface area contributed by atoms with E-state index in [1.165, 1.54) is 11.6 Å². The first kappa shape index (κ1) is 19.9. The molecule has 0 aliphatic carbocycles. The number of anilines is 1. The molecule has 30 heavy (non-hydrogen) atoms. The van der Waals surface area contributed by atoms with Gasteiger partial charge in [0.15, 0.2) is 0 Å². The number of carbonyl (C=O) groups is 1. The molecule has 0 unspecified atom stereocenters. The van der Waals surface area contributed by atoms with E-state index < -0.39 is 17.2 Å². The highest BCUT2D eigenvalue weighted by atomic mass is 32.1.